The first-order valence-electron chi connectivity index (χ1n) is 10.3. The van der Waals surface area contributed by atoms with Gasteiger partial charge in [-0.15, -0.1) is 0 Å². The third-order valence-corrected chi connectivity index (χ3v) is 8.01. The van der Waals surface area contributed by atoms with E-state index in [-0.39, 0.29) is 28.0 Å². The Morgan fingerprint density at radius 3 is 2.41 bits per heavy atom. The van der Waals surface area contributed by atoms with Crippen molar-refractivity contribution in [2.24, 2.45) is 0 Å². The zero-order valence-electron chi connectivity index (χ0n) is 16.8. The number of carbonyl (C=O) groups excluding carboxylic acids is 1. The van der Waals surface area contributed by atoms with Crippen LogP contribution in [0.3, 0.4) is 0 Å². The van der Waals surface area contributed by atoms with E-state index >= 15 is 0 Å². The second kappa shape index (κ2) is 10.1. The summed E-state index contributed by atoms with van der Waals surface area (Å²) in [6.07, 6.45) is 3.73. The number of rotatable bonds is 6. The minimum Gasteiger partial charge on any atom is -0.381 e. The van der Waals surface area contributed by atoms with Crippen molar-refractivity contribution in [3.8, 4) is 0 Å². The van der Waals surface area contributed by atoms with Gasteiger partial charge >= 0.3 is 6.03 Å². The molecule has 0 aromatic heterocycles. The summed E-state index contributed by atoms with van der Waals surface area (Å²) in [4.78, 5) is 15.0. The van der Waals surface area contributed by atoms with Gasteiger partial charge in [-0.1, -0.05) is 30.7 Å². The van der Waals surface area contributed by atoms with Gasteiger partial charge in [0, 0.05) is 44.9 Å². The number of urea groups is 1. The van der Waals surface area contributed by atoms with Gasteiger partial charge in [-0.2, -0.15) is 4.31 Å². The van der Waals surface area contributed by atoms with Crippen molar-refractivity contribution in [2.75, 3.05) is 32.8 Å². The SMILES string of the molecule is CCCNC(=O)N(C1CCOCC1)C1CCN(S(=O)(=O)c2ccccc2Cl)CC1. The summed E-state index contributed by atoms with van der Waals surface area (Å²) in [6.45, 7) is 4.72. The van der Waals surface area contributed by atoms with Gasteiger partial charge in [0.25, 0.3) is 0 Å². The number of ether oxygens (including phenoxy) is 1. The molecule has 0 radical (unpaired) electrons. The summed E-state index contributed by atoms with van der Waals surface area (Å²) in [5.41, 5.74) is 0. The summed E-state index contributed by atoms with van der Waals surface area (Å²) in [5.74, 6) is 0. The molecule has 1 aromatic carbocycles. The average Bonchev–Trinajstić information content (AvgIpc) is 2.74. The standard InChI is InChI=1S/C20H30ClN3O4S/c1-2-11-22-20(25)24(17-9-14-28-15-10-17)16-7-12-23(13-8-16)29(26,27)19-6-4-3-5-18(19)21/h3-6,16-17H,2,7-15H2,1H3,(H,22,25). The number of amides is 2. The highest BCUT2D eigenvalue weighted by Crippen LogP contribution is 2.29. The molecule has 162 valence electrons. The normalized spacial score (nSPS) is 19.8. The molecule has 0 bridgehead atoms. The van der Waals surface area contributed by atoms with Gasteiger partial charge in [0.1, 0.15) is 4.90 Å². The fourth-order valence-electron chi connectivity index (χ4n) is 4.07. The van der Waals surface area contributed by atoms with Crippen molar-refractivity contribution in [3.05, 3.63) is 29.3 Å². The fraction of sp³-hybridized carbons (Fsp3) is 0.650. The smallest absolute Gasteiger partial charge is 0.317 e. The molecule has 9 heteroatoms. The van der Waals surface area contributed by atoms with E-state index < -0.39 is 10.0 Å². The van der Waals surface area contributed by atoms with E-state index in [1.165, 1.54) is 10.4 Å². The molecule has 1 N–H and O–H groups in total. The maximum Gasteiger partial charge on any atom is 0.317 e. The molecule has 0 unspecified atom stereocenters. The maximum absolute atomic E-state index is 13.0. The lowest BCUT2D eigenvalue weighted by molar-refractivity contribution is 0.0255. The Labute approximate surface area is 178 Å². The summed E-state index contributed by atoms with van der Waals surface area (Å²) in [7, 11) is -3.64. The highest BCUT2D eigenvalue weighted by molar-refractivity contribution is 7.89. The van der Waals surface area contributed by atoms with Crippen molar-refractivity contribution in [1.29, 1.82) is 0 Å². The lowest BCUT2D eigenvalue weighted by Crippen LogP contribution is -2.56. The quantitative estimate of drug-likeness (QED) is 0.732. The van der Waals surface area contributed by atoms with Crippen LogP contribution in [0.1, 0.15) is 39.0 Å². The van der Waals surface area contributed by atoms with Crippen LogP contribution in [0.2, 0.25) is 5.02 Å². The first-order valence-corrected chi connectivity index (χ1v) is 12.2. The largest absolute Gasteiger partial charge is 0.381 e. The van der Waals surface area contributed by atoms with Crippen molar-refractivity contribution in [2.45, 2.75) is 56.0 Å². The zero-order chi connectivity index (χ0) is 20.9. The van der Waals surface area contributed by atoms with E-state index in [4.69, 9.17) is 16.3 Å². The minimum absolute atomic E-state index is 0.0210. The van der Waals surface area contributed by atoms with Gasteiger partial charge in [0.05, 0.1) is 5.02 Å². The number of hydrogen-bond acceptors (Lipinski definition) is 4. The molecule has 2 saturated heterocycles. The Bertz CT molecular complexity index is 791. The number of carbonyl (C=O) groups is 1. The van der Waals surface area contributed by atoms with Crippen molar-refractivity contribution < 1.29 is 17.9 Å². The van der Waals surface area contributed by atoms with Crippen LogP contribution in [0.15, 0.2) is 29.2 Å². The number of hydrogen-bond donors (Lipinski definition) is 1. The van der Waals surface area contributed by atoms with Gasteiger partial charge in [-0.3, -0.25) is 0 Å². The third-order valence-electron chi connectivity index (χ3n) is 5.62. The van der Waals surface area contributed by atoms with Gasteiger partial charge in [0.2, 0.25) is 10.0 Å². The van der Waals surface area contributed by atoms with Gasteiger partial charge < -0.3 is 15.0 Å². The van der Waals surface area contributed by atoms with Crippen molar-refractivity contribution >= 4 is 27.7 Å². The van der Waals surface area contributed by atoms with Crippen LogP contribution in [0.4, 0.5) is 4.79 Å². The topological polar surface area (TPSA) is 79.0 Å². The summed E-state index contributed by atoms with van der Waals surface area (Å²) in [6, 6.07) is 6.63. The molecule has 7 nitrogen and oxygen atoms in total. The number of piperidine rings is 1. The van der Waals surface area contributed by atoms with Crippen LogP contribution in [0.25, 0.3) is 0 Å². The van der Waals surface area contributed by atoms with E-state index in [0.717, 1.165) is 19.3 Å². The minimum atomic E-state index is -3.64. The lowest BCUT2D eigenvalue weighted by Gasteiger charge is -2.43. The molecule has 0 atom stereocenters. The predicted octanol–water partition coefficient (Wildman–Crippen LogP) is 3.09. The highest BCUT2D eigenvalue weighted by Gasteiger charge is 2.37. The number of nitrogens with zero attached hydrogens (tertiary/aromatic N) is 2. The van der Waals surface area contributed by atoms with Crippen LogP contribution < -0.4 is 5.32 Å². The molecular weight excluding hydrogens is 414 g/mol. The molecule has 3 rings (SSSR count). The van der Waals surface area contributed by atoms with E-state index in [0.29, 0.717) is 45.7 Å². The van der Waals surface area contributed by atoms with Crippen LogP contribution in [0, 0.1) is 0 Å². The van der Waals surface area contributed by atoms with Crippen LogP contribution in [-0.2, 0) is 14.8 Å². The molecule has 29 heavy (non-hydrogen) atoms. The Morgan fingerprint density at radius 1 is 1.17 bits per heavy atom. The highest BCUT2D eigenvalue weighted by atomic mass is 35.5. The second-order valence-corrected chi connectivity index (χ2v) is 9.86. The Kier molecular flexibility index (Phi) is 7.79. The molecule has 0 saturated carbocycles. The number of nitrogens with one attached hydrogen (secondary N) is 1. The van der Waals surface area contributed by atoms with Crippen LogP contribution >= 0.6 is 11.6 Å². The third kappa shape index (κ3) is 5.23. The molecule has 0 spiro atoms. The van der Waals surface area contributed by atoms with Gasteiger partial charge in [-0.05, 0) is 44.2 Å². The molecule has 2 heterocycles. The van der Waals surface area contributed by atoms with E-state index in [1.54, 1.807) is 18.2 Å². The summed E-state index contributed by atoms with van der Waals surface area (Å²) >= 11 is 6.12. The first kappa shape index (κ1) is 22.3. The molecule has 2 aliphatic rings. The molecule has 0 aliphatic carbocycles. The van der Waals surface area contributed by atoms with Crippen LogP contribution in [0.5, 0.6) is 0 Å². The van der Waals surface area contributed by atoms with Gasteiger partial charge in [0.15, 0.2) is 0 Å². The monoisotopic (exact) mass is 443 g/mol. The molecule has 2 amide bonds. The van der Waals surface area contributed by atoms with E-state index in [9.17, 15) is 13.2 Å². The van der Waals surface area contributed by atoms with Crippen molar-refractivity contribution in [1.82, 2.24) is 14.5 Å². The van der Waals surface area contributed by atoms with Crippen molar-refractivity contribution in [3.63, 3.8) is 0 Å². The molecule has 1 aromatic rings. The van der Waals surface area contributed by atoms with E-state index in [2.05, 4.69) is 5.32 Å². The van der Waals surface area contributed by atoms with Gasteiger partial charge in [-0.25, -0.2) is 13.2 Å². The average molecular weight is 444 g/mol. The fourth-order valence-corrected chi connectivity index (χ4v) is 6.03. The Balaban J connectivity index is 1.70. The predicted molar refractivity (Wildman–Crippen MR) is 113 cm³/mol. The number of benzene rings is 1. The Morgan fingerprint density at radius 2 is 1.79 bits per heavy atom. The lowest BCUT2D eigenvalue weighted by atomic mass is 9.99. The second-order valence-electron chi connectivity index (χ2n) is 7.55. The first-order chi connectivity index (χ1) is 13.9. The van der Waals surface area contributed by atoms with E-state index in [1.807, 2.05) is 11.8 Å². The van der Waals surface area contributed by atoms with Crippen LogP contribution in [-0.4, -0.2) is 68.6 Å². The number of sulfonamides is 1. The maximum atomic E-state index is 13.0. The molecule has 2 aliphatic heterocycles. The molecule has 2 fully saturated rings. The summed E-state index contributed by atoms with van der Waals surface area (Å²) < 4.78 is 32.9. The molecular formula is C20H30ClN3O4S. The zero-order valence-corrected chi connectivity index (χ0v) is 18.4. The summed E-state index contributed by atoms with van der Waals surface area (Å²) in [5, 5.41) is 3.23. The number of halogens is 1. The Hall–Kier alpha value is -1.35.